The maximum absolute atomic E-state index is 12.6. The molecule has 1 aliphatic carbocycles. The van der Waals surface area contributed by atoms with E-state index >= 15 is 0 Å². The zero-order valence-corrected chi connectivity index (χ0v) is 16.5. The molecule has 6 heteroatoms. The molecule has 1 fully saturated rings. The van der Waals surface area contributed by atoms with Gasteiger partial charge in [-0.2, -0.15) is 5.10 Å². The Hall–Kier alpha value is -2.63. The first-order valence-electron chi connectivity index (χ1n) is 9.55. The second-order valence-corrected chi connectivity index (χ2v) is 8.05. The van der Waals surface area contributed by atoms with E-state index in [-0.39, 0.29) is 17.4 Å². The van der Waals surface area contributed by atoms with Gasteiger partial charge in [0.15, 0.2) is 0 Å². The molecule has 1 saturated carbocycles. The molecule has 1 aliphatic rings. The summed E-state index contributed by atoms with van der Waals surface area (Å²) in [5.41, 5.74) is 3.02. The van der Waals surface area contributed by atoms with E-state index in [1.807, 2.05) is 29.8 Å². The van der Waals surface area contributed by atoms with E-state index in [9.17, 15) is 9.59 Å². The van der Waals surface area contributed by atoms with Gasteiger partial charge in [0.2, 0.25) is 0 Å². The summed E-state index contributed by atoms with van der Waals surface area (Å²) in [6.45, 7) is 9.19. The largest absolute Gasteiger partial charge is 0.352 e. The minimum atomic E-state index is -0.173. The van der Waals surface area contributed by atoms with Crippen molar-refractivity contribution in [1.82, 2.24) is 20.4 Å². The Kier molecular flexibility index (Phi) is 5.35. The highest BCUT2D eigenvalue weighted by atomic mass is 16.2. The van der Waals surface area contributed by atoms with Gasteiger partial charge in [0, 0.05) is 30.3 Å². The van der Waals surface area contributed by atoms with Gasteiger partial charge in [-0.15, -0.1) is 0 Å². The fourth-order valence-corrected chi connectivity index (χ4v) is 3.02. The van der Waals surface area contributed by atoms with Gasteiger partial charge < -0.3 is 10.6 Å². The van der Waals surface area contributed by atoms with Crippen molar-refractivity contribution in [3.63, 3.8) is 0 Å². The third-order valence-electron chi connectivity index (χ3n) is 4.61. The van der Waals surface area contributed by atoms with E-state index in [4.69, 9.17) is 0 Å². The van der Waals surface area contributed by atoms with Crippen LogP contribution in [-0.2, 0) is 12.1 Å². The van der Waals surface area contributed by atoms with Crippen LogP contribution in [0.2, 0.25) is 0 Å². The second kappa shape index (κ2) is 7.55. The molecule has 6 nitrogen and oxygen atoms in total. The third kappa shape index (κ3) is 4.56. The van der Waals surface area contributed by atoms with Gasteiger partial charge in [0.05, 0.1) is 5.54 Å². The molecule has 0 saturated heterocycles. The van der Waals surface area contributed by atoms with Crippen LogP contribution in [0.15, 0.2) is 30.3 Å². The van der Waals surface area contributed by atoms with Crippen LogP contribution in [0.4, 0.5) is 0 Å². The summed E-state index contributed by atoms with van der Waals surface area (Å²) in [5, 5.41) is 10.3. The minimum Gasteiger partial charge on any atom is -0.352 e. The van der Waals surface area contributed by atoms with E-state index in [1.54, 1.807) is 12.1 Å². The standard InChI is InChI=1S/C21H28N4O2/c1-5-22-19(26)16-8-6-14(7-9-16)13-23-20(27)17-12-18(15-10-11-15)25(24-17)21(2,3)4/h6-9,12,15H,5,10-11,13H2,1-4H3,(H,22,26)(H,23,27). The molecule has 1 aromatic carbocycles. The SMILES string of the molecule is CCNC(=O)c1ccc(CNC(=O)c2cc(C3CC3)n(C(C)(C)C)n2)cc1. The number of benzene rings is 1. The highest BCUT2D eigenvalue weighted by Crippen LogP contribution is 2.41. The van der Waals surface area contributed by atoms with Gasteiger partial charge in [-0.3, -0.25) is 14.3 Å². The summed E-state index contributed by atoms with van der Waals surface area (Å²) in [4.78, 5) is 24.4. The fraction of sp³-hybridized carbons (Fsp3) is 0.476. The van der Waals surface area contributed by atoms with Crippen molar-refractivity contribution >= 4 is 11.8 Å². The van der Waals surface area contributed by atoms with E-state index in [0.717, 1.165) is 11.3 Å². The molecule has 0 radical (unpaired) electrons. The van der Waals surface area contributed by atoms with Crippen LogP contribution >= 0.6 is 0 Å². The maximum atomic E-state index is 12.6. The monoisotopic (exact) mass is 368 g/mol. The molecule has 0 bridgehead atoms. The van der Waals surface area contributed by atoms with Gasteiger partial charge in [-0.1, -0.05) is 12.1 Å². The van der Waals surface area contributed by atoms with Gasteiger partial charge in [-0.25, -0.2) is 0 Å². The van der Waals surface area contributed by atoms with Crippen molar-refractivity contribution in [2.45, 2.75) is 58.5 Å². The Labute approximate surface area is 160 Å². The van der Waals surface area contributed by atoms with Crippen LogP contribution in [0.5, 0.6) is 0 Å². The number of nitrogens with zero attached hydrogens (tertiary/aromatic N) is 2. The molecule has 2 N–H and O–H groups in total. The highest BCUT2D eigenvalue weighted by molar-refractivity contribution is 5.94. The predicted octanol–water partition coefficient (Wildman–Crippen LogP) is 3.20. The molecule has 2 aromatic rings. The van der Waals surface area contributed by atoms with Crippen molar-refractivity contribution in [1.29, 1.82) is 0 Å². The van der Waals surface area contributed by atoms with Crippen LogP contribution in [0.25, 0.3) is 0 Å². The zero-order chi connectivity index (χ0) is 19.6. The minimum absolute atomic E-state index is 0.0894. The summed E-state index contributed by atoms with van der Waals surface area (Å²) in [6.07, 6.45) is 2.33. The van der Waals surface area contributed by atoms with Crippen molar-refractivity contribution in [2.75, 3.05) is 6.54 Å². The second-order valence-electron chi connectivity index (χ2n) is 8.05. The summed E-state index contributed by atoms with van der Waals surface area (Å²) in [5.74, 6) is 0.265. The molecule has 144 valence electrons. The lowest BCUT2D eigenvalue weighted by Gasteiger charge is -2.22. The lowest BCUT2D eigenvalue weighted by atomic mass is 10.1. The molecule has 0 unspecified atom stereocenters. The summed E-state index contributed by atoms with van der Waals surface area (Å²) in [6, 6.07) is 9.18. The molecule has 27 heavy (non-hydrogen) atoms. The maximum Gasteiger partial charge on any atom is 0.272 e. The highest BCUT2D eigenvalue weighted by Gasteiger charge is 2.32. The molecule has 0 aliphatic heterocycles. The summed E-state index contributed by atoms with van der Waals surface area (Å²) >= 11 is 0. The lowest BCUT2D eigenvalue weighted by molar-refractivity contribution is 0.0939. The first kappa shape index (κ1) is 19.1. The number of hydrogen-bond acceptors (Lipinski definition) is 3. The van der Waals surface area contributed by atoms with E-state index < -0.39 is 0 Å². The van der Waals surface area contributed by atoms with Crippen molar-refractivity contribution < 1.29 is 9.59 Å². The van der Waals surface area contributed by atoms with E-state index in [2.05, 4.69) is 36.5 Å². The number of rotatable bonds is 6. The average molecular weight is 368 g/mol. The Bertz CT molecular complexity index is 827. The molecule has 0 spiro atoms. The topological polar surface area (TPSA) is 76.0 Å². The Morgan fingerprint density at radius 3 is 2.33 bits per heavy atom. The van der Waals surface area contributed by atoms with Crippen LogP contribution in [0, 0.1) is 0 Å². The van der Waals surface area contributed by atoms with Crippen molar-refractivity contribution in [3.8, 4) is 0 Å². The quantitative estimate of drug-likeness (QED) is 0.822. The van der Waals surface area contributed by atoms with Crippen molar-refractivity contribution in [3.05, 3.63) is 52.8 Å². The van der Waals surface area contributed by atoms with Crippen LogP contribution in [0.1, 0.15) is 78.6 Å². The van der Waals surface area contributed by atoms with E-state index in [1.165, 1.54) is 12.8 Å². The number of nitrogens with one attached hydrogen (secondary N) is 2. The normalized spacial score (nSPS) is 14.1. The smallest absolute Gasteiger partial charge is 0.272 e. The third-order valence-corrected chi connectivity index (χ3v) is 4.61. The Balaban J connectivity index is 1.65. The van der Waals surface area contributed by atoms with Crippen LogP contribution < -0.4 is 10.6 Å². The number of amides is 2. The number of aromatic nitrogens is 2. The summed E-state index contributed by atoms with van der Waals surface area (Å²) in [7, 11) is 0. The van der Waals surface area contributed by atoms with Crippen LogP contribution in [0.3, 0.4) is 0 Å². The Morgan fingerprint density at radius 1 is 1.11 bits per heavy atom. The molecule has 1 aromatic heterocycles. The summed E-state index contributed by atoms with van der Waals surface area (Å²) < 4.78 is 1.99. The predicted molar refractivity (Wildman–Crippen MR) is 105 cm³/mol. The molecule has 1 heterocycles. The van der Waals surface area contributed by atoms with Gasteiger partial charge in [0.1, 0.15) is 5.69 Å². The van der Waals surface area contributed by atoms with Crippen molar-refractivity contribution in [2.24, 2.45) is 0 Å². The van der Waals surface area contributed by atoms with E-state index in [0.29, 0.717) is 30.3 Å². The Morgan fingerprint density at radius 2 is 1.78 bits per heavy atom. The molecular weight excluding hydrogens is 340 g/mol. The zero-order valence-electron chi connectivity index (χ0n) is 16.5. The first-order chi connectivity index (χ1) is 12.8. The van der Waals surface area contributed by atoms with Gasteiger partial charge in [0.25, 0.3) is 11.8 Å². The van der Waals surface area contributed by atoms with Crippen LogP contribution in [-0.4, -0.2) is 28.1 Å². The number of carbonyl (C=O) groups is 2. The average Bonchev–Trinajstić information content (AvgIpc) is 3.37. The number of hydrogen-bond donors (Lipinski definition) is 2. The molecule has 2 amide bonds. The molecular formula is C21H28N4O2. The van der Waals surface area contributed by atoms with Gasteiger partial charge >= 0.3 is 0 Å². The number of carbonyl (C=O) groups excluding carboxylic acids is 2. The fourth-order valence-electron chi connectivity index (χ4n) is 3.02. The first-order valence-corrected chi connectivity index (χ1v) is 9.55. The lowest BCUT2D eigenvalue weighted by Crippen LogP contribution is -2.27. The molecule has 0 atom stereocenters. The van der Waals surface area contributed by atoms with Gasteiger partial charge in [-0.05, 0) is 64.3 Å². The molecule has 3 rings (SSSR count).